The van der Waals surface area contributed by atoms with Crippen molar-refractivity contribution in [3.63, 3.8) is 0 Å². The number of aryl methyl sites for hydroxylation is 1. The summed E-state index contributed by atoms with van der Waals surface area (Å²) in [5, 5.41) is 16.1. The molecule has 0 bridgehead atoms. The number of fused-ring (bicyclic) bond motifs is 3. The monoisotopic (exact) mass is 508 g/mol. The van der Waals surface area contributed by atoms with Crippen molar-refractivity contribution >= 4 is 17.3 Å². The van der Waals surface area contributed by atoms with Crippen LogP contribution in [0.15, 0.2) is 50.7 Å². The van der Waals surface area contributed by atoms with Gasteiger partial charge in [-0.2, -0.15) is 29.6 Å². The maximum absolute atomic E-state index is 12.7. The lowest BCUT2D eigenvalue weighted by atomic mass is 10.00. The van der Waals surface area contributed by atoms with Crippen LogP contribution < -0.4 is 11.1 Å². The standard InChI is InChI=1S/C21H22N4O2S.C2HF3O2/c1-14-2-4-15(5-3-14)9-25-21(27)20(26)24-11-17-10-23(8-16-6-7-28-13-16)12-18(17)19(24)22-25;3-2(4,5)1(6)7/h2-7,13,17-18H,8-12H2,1H3;(H,6,7). The number of hydrogen-bond acceptors (Lipinski definition) is 6. The Hall–Kier alpha value is -3.25. The Morgan fingerprint density at radius 1 is 1.06 bits per heavy atom. The Balaban J connectivity index is 0.000000364. The van der Waals surface area contributed by atoms with Crippen LogP contribution in [0, 0.1) is 12.8 Å². The van der Waals surface area contributed by atoms with E-state index in [-0.39, 0.29) is 5.92 Å². The summed E-state index contributed by atoms with van der Waals surface area (Å²) in [6.45, 7) is 5.72. The summed E-state index contributed by atoms with van der Waals surface area (Å²) in [5.74, 6) is -1.41. The number of aromatic nitrogens is 3. The Kier molecular flexibility index (Phi) is 6.95. The van der Waals surface area contributed by atoms with Crippen LogP contribution in [0.4, 0.5) is 13.2 Å². The molecule has 0 radical (unpaired) electrons. The molecule has 2 aliphatic rings. The highest BCUT2D eigenvalue weighted by Gasteiger charge is 2.42. The summed E-state index contributed by atoms with van der Waals surface area (Å²) in [4.78, 5) is 36.6. The number of rotatable bonds is 4. The Morgan fingerprint density at radius 2 is 1.74 bits per heavy atom. The zero-order valence-corrected chi connectivity index (χ0v) is 19.6. The van der Waals surface area contributed by atoms with Crippen molar-refractivity contribution in [1.82, 2.24) is 19.2 Å². The predicted octanol–water partition coefficient (Wildman–Crippen LogP) is 2.69. The molecule has 0 amide bonds. The number of aliphatic carboxylic acids is 1. The number of carbonyl (C=O) groups is 1. The zero-order valence-electron chi connectivity index (χ0n) is 18.7. The molecular weight excluding hydrogens is 485 g/mol. The molecule has 0 spiro atoms. The summed E-state index contributed by atoms with van der Waals surface area (Å²) in [7, 11) is 0. The first kappa shape index (κ1) is 24.9. The third-order valence-corrected chi connectivity index (χ3v) is 6.84. The number of benzene rings is 1. The molecule has 1 N–H and O–H groups in total. The van der Waals surface area contributed by atoms with Gasteiger partial charge in [0, 0.05) is 38.0 Å². The number of thiophene rings is 1. The van der Waals surface area contributed by atoms with E-state index in [2.05, 4.69) is 26.8 Å². The fourth-order valence-corrected chi connectivity index (χ4v) is 5.08. The van der Waals surface area contributed by atoms with Crippen molar-refractivity contribution in [3.05, 3.63) is 84.3 Å². The summed E-state index contributed by atoms with van der Waals surface area (Å²) in [6.07, 6.45) is -5.08. The maximum Gasteiger partial charge on any atom is 0.490 e. The molecule has 186 valence electrons. The van der Waals surface area contributed by atoms with Crippen LogP contribution in [0.5, 0.6) is 0 Å². The molecule has 2 atom stereocenters. The van der Waals surface area contributed by atoms with Crippen LogP contribution in [-0.2, 0) is 24.4 Å². The molecule has 0 saturated carbocycles. The molecule has 0 aliphatic carbocycles. The van der Waals surface area contributed by atoms with Crippen molar-refractivity contribution in [2.45, 2.75) is 38.7 Å². The largest absolute Gasteiger partial charge is 0.490 e. The van der Waals surface area contributed by atoms with Gasteiger partial charge in [0.05, 0.1) is 6.54 Å². The Labute approximate surface area is 201 Å². The summed E-state index contributed by atoms with van der Waals surface area (Å²) in [6, 6.07) is 10.1. The first-order valence-corrected chi connectivity index (χ1v) is 11.8. The smallest absolute Gasteiger partial charge is 0.475 e. The van der Waals surface area contributed by atoms with E-state index in [1.54, 1.807) is 15.9 Å². The minimum absolute atomic E-state index is 0.219. The minimum Gasteiger partial charge on any atom is -0.475 e. The lowest BCUT2D eigenvalue weighted by molar-refractivity contribution is -0.192. The van der Waals surface area contributed by atoms with Gasteiger partial charge in [0.25, 0.3) is 0 Å². The second-order valence-electron chi connectivity index (χ2n) is 8.72. The highest BCUT2D eigenvalue weighted by molar-refractivity contribution is 7.07. The van der Waals surface area contributed by atoms with Gasteiger partial charge in [-0.25, -0.2) is 9.48 Å². The van der Waals surface area contributed by atoms with Gasteiger partial charge in [-0.3, -0.25) is 19.1 Å². The fraction of sp³-hybridized carbons (Fsp3) is 0.391. The van der Waals surface area contributed by atoms with Crippen LogP contribution >= 0.6 is 11.3 Å². The van der Waals surface area contributed by atoms with E-state index in [0.29, 0.717) is 19.0 Å². The van der Waals surface area contributed by atoms with Gasteiger partial charge in [-0.1, -0.05) is 29.8 Å². The first-order chi connectivity index (χ1) is 16.5. The molecule has 4 heterocycles. The van der Waals surface area contributed by atoms with Crippen molar-refractivity contribution in [3.8, 4) is 0 Å². The van der Waals surface area contributed by atoms with Crippen LogP contribution in [0.2, 0.25) is 0 Å². The van der Waals surface area contributed by atoms with Gasteiger partial charge < -0.3 is 5.11 Å². The van der Waals surface area contributed by atoms with E-state index in [1.807, 2.05) is 31.2 Å². The van der Waals surface area contributed by atoms with E-state index >= 15 is 0 Å². The molecule has 2 aromatic heterocycles. The second-order valence-corrected chi connectivity index (χ2v) is 9.50. The Bertz CT molecular complexity index is 1320. The van der Waals surface area contributed by atoms with E-state index in [0.717, 1.165) is 36.6 Å². The number of alkyl halides is 3. The van der Waals surface area contributed by atoms with Crippen molar-refractivity contribution in [2.75, 3.05) is 13.1 Å². The number of carboxylic acid groups (broad SMARTS) is 1. The summed E-state index contributed by atoms with van der Waals surface area (Å²) < 4.78 is 34.7. The number of nitrogens with zero attached hydrogens (tertiary/aromatic N) is 4. The molecule has 35 heavy (non-hydrogen) atoms. The number of likely N-dealkylation sites (tertiary alicyclic amines) is 1. The van der Waals surface area contributed by atoms with Crippen LogP contribution in [-0.4, -0.2) is 49.6 Å². The topological polar surface area (TPSA) is 97.4 Å². The molecule has 2 unspecified atom stereocenters. The predicted molar refractivity (Wildman–Crippen MR) is 123 cm³/mol. The van der Waals surface area contributed by atoms with Gasteiger partial charge in [0.15, 0.2) is 0 Å². The average molecular weight is 509 g/mol. The van der Waals surface area contributed by atoms with Crippen LogP contribution in [0.25, 0.3) is 0 Å². The quantitative estimate of drug-likeness (QED) is 0.545. The first-order valence-electron chi connectivity index (χ1n) is 10.8. The molecule has 1 saturated heterocycles. The van der Waals surface area contributed by atoms with E-state index < -0.39 is 23.3 Å². The maximum atomic E-state index is 12.7. The summed E-state index contributed by atoms with van der Waals surface area (Å²) in [5.41, 5.74) is 2.51. The Morgan fingerprint density at radius 3 is 2.34 bits per heavy atom. The minimum atomic E-state index is -5.08. The highest BCUT2D eigenvalue weighted by Crippen LogP contribution is 2.37. The van der Waals surface area contributed by atoms with Crippen LogP contribution in [0.3, 0.4) is 0 Å². The van der Waals surface area contributed by atoms with Gasteiger partial charge in [-0.05, 0) is 34.9 Å². The average Bonchev–Trinajstić information content (AvgIpc) is 3.51. The number of carboxylic acids is 1. The van der Waals surface area contributed by atoms with Gasteiger partial charge in [0.2, 0.25) is 0 Å². The fourth-order valence-electron chi connectivity index (χ4n) is 4.42. The van der Waals surface area contributed by atoms with Crippen molar-refractivity contribution in [2.24, 2.45) is 5.92 Å². The van der Waals surface area contributed by atoms with E-state index in [4.69, 9.17) is 9.90 Å². The molecule has 8 nitrogen and oxygen atoms in total. The lowest BCUT2D eigenvalue weighted by Crippen LogP contribution is -2.44. The zero-order chi connectivity index (χ0) is 25.3. The third kappa shape index (κ3) is 5.54. The third-order valence-electron chi connectivity index (χ3n) is 6.11. The molecule has 2 aliphatic heterocycles. The van der Waals surface area contributed by atoms with Crippen molar-refractivity contribution < 1.29 is 23.1 Å². The van der Waals surface area contributed by atoms with E-state index in [1.165, 1.54) is 10.2 Å². The highest BCUT2D eigenvalue weighted by atomic mass is 32.1. The number of hydrogen-bond donors (Lipinski definition) is 1. The normalized spacial score (nSPS) is 19.1. The second kappa shape index (κ2) is 9.78. The van der Waals surface area contributed by atoms with Crippen LogP contribution in [0.1, 0.15) is 28.4 Å². The van der Waals surface area contributed by atoms with Gasteiger partial charge in [-0.15, -0.1) is 0 Å². The molecule has 1 fully saturated rings. The molecule has 5 rings (SSSR count). The molecule has 12 heteroatoms. The SMILES string of the molecule is Cc1ccc(Cn2nc3n(c(=O)c2=O)CC2CN(Cc4ccsc4)CC32)cc1.O=C(O)C(F)(F)F. The number of halogens is 3. The molecular formula is C23H23F3N4O4S. The van der Waals surface area contributed by atoms with E-state index in [9.17, 15) is 22.8 Å². The van der Waals surface area contributed by atoms with Crippen molar-refractivity contribution in [1.29, 1.82) is 0 Å². The van der Waals surface area contributed by atoms with Gasteiger partial charge in [0.1, 0.15) is 5.82 Å². The molecule has 1 aromatic carbocycles. The van der Waals surface area contributed by atoms with Gasteiger partial charge >= 0.3 is 23.3 Å². The lowest BCUT2D eigenvalue weighted by Gasteiger charge is -2.17. The summed E-state index contributed by atoms with van der Waals surface area (Å²) >= 11 is 1.72. The molecule has 3 aromatic rings.